The van der Waals surface area contributed by atoms with Crippen molar-refractivity contribution < 1.29 is 0 Å². The molecule has 1 aromatic carbocycles. The summed E-state index contributed by atoms with van der Waals surface area (Å²) >= 11 is 3.43. The lowest BCUT2D eigenvalue weighted by Gasteiger charge is -2.07. The smallest absolute Gasteiger partial charge is 0.0206 e. The first-order valence-electron chi connectivity index (χ1n) is 4.39. The van der Waals surface area contributed by atoms with Gasteiger partial charge in [0.25, 0.3) is 0 Å². The molecule has 0 bridgehead atoms. The van der Waals surface area contributed by atoms with Crippen molar-refractivity contribution in [2.75, 3.05) is 6.54 Å². The summed E-state index contributed by atoms with van der Waals surface area (Å²) < 4.78 is 1.12. The molecule has 0 aromatic heterocycles. The van der Waals surface area contributed by atoms with Gasteiger partial charge in [-0.05, 0) is 24.6 Å². The normalized spacial score (nSPS) is 12.8. The number of benzene rings is 1. The Morgan fingerprint density at radius 1 is 1.54 bits per heavy atom. The van der Waals surface area contributed by atoms with E-state index in [1.807, 2.05) is 19.1 Å². The van der Waals surface area contributed by atoms with E-state index in [0.717, 1.165) is 17.6 Å². The van der Waals surface area contributed by atoms with Crippen molar-refractivity contribution in [1.82, 2.24) is 5.32 Å². The topological polar surface area (TPSA) is 38.0 Å². The average molecular weight is 243 g/mol. The van der Waals surface area contributed by atoms with E-state index in [2.05, 4.69) is 33.4 Å². The highest BCUT2D eigenvalue weighted by Gasteiger charge is 1.95. The molecule has 2 nitrogen and oxygen atoms in total. The zero-order valence-electron chi connectivity index (χ0n) is 7.76. The number of hydrogen-bond donors (Lipinski definition) is 2. The van der Waals surface area contributed by atoms with Crippen molar-refractivity contribution in [2.24, 2.45) is 5.73 Å². The van der Waals surface area contributed by atoms with Crippen LogP contribution >= 0.6 is 15.9 Å². The molecule has 72 valence electrons. The Morgan fingerprint density at radius 3 is 2.92 bits per heavy atom. The highest BCUT2D eigenvalue weighted by molar-refractivity contribution is 9.10. The first-order chi connectivity index (χ1) is 6.18. The van der Waals surface area contributed by atoms with Crippen LogP contribution in [0.4, 0.5) is 0 Å². The predicted octanol–water partition coefficient (Wildman–Crippen LogP) is 1.89. The minimum Gasteiger partial charge on any atom is -0.327 e. The molecule has 0 aliphatic rings. The van der Waals surface area contributed by atoms with Gasteiger partial charge in [0.15, 0.2) is 0 Å². The number of hydrogen-bond acceptors (Lipinski definition) is 2. The Balaban J connectivity index is 2.37. The van der Waals surface area contributed by atoms with Crippen LogP contribution in [0.5, 0.6) is 0 Å². The molecule has 0 spiro atoms. The third-order valence-electron chi connectivity index (χ3n) is 1.68. The molecule has 0 fully saturated rings. The molecule has 13 heavy (non-hydrogen) atoms. The average Bonchev–Trinajstić information content (AvgIpc) is 2.03. The lowest BCUT2D eigenvalue weighted by Crippen LogP contribution is -2.30. The molecule has 0 saturated heterocycles. The maximum atomic E-state index is 5.61. The van der Waals surface area contributed by atoms with Crippen molar-refractivity contribution in [2.45, 2.75) is 19.5 Å². The van der Waals surface area contributed by atoms with Crippen LogP contribution in [0.25, 0.3) is 0 Å². The molecular weight excluding hydrogens is 228 g/mol. The Kier molecular flexibility index (Phi) is 4.42. The van der Waals surface area contributed by atoms with E-state index in [0.29, 0.717) is 0 Å². The molecule has 1 atom stereocenters. The fraction of sp³-hybridized carbons (Fsp3) is 0.400. The van der Waals surface area contributed by atoms with Gasteiger partial charge in [-0.1, -0.05) is 28.1 Å². The molecular formula is C10H15BrN2. The lowest BCUT2D eigenvalue weighted by molar-refractivity contribution is 0.608. The van der Waals surface area contributed by atoms with Crippen LogP contribution in [0.1, 0.15) is 12.5 Å². The maximum Gasteiger partial charge on any atom is 0.0206 e. The molecule has 0 radical (unpaired) electrons. The van der Waals surface area contributed by atoms with Gasteiger partial charge in [-0.2, -0.15) is 0 Å². The quantitative estimate of drug-likeness (QED) is 0.847. The summed E-state index contributed by atoms with van der Waals surface area (Å²) in [6.45, 7) is 3.72. The van der Waals surface area contributed by atoms with Crippen LogP contribution in [0.15, 0.2) is 28.7 Å². The largest absolute Gasteiger partial charge is 0.327 e. The van der Waals surface area contributed by atoms with E-state index in [4.69, 9.17) is 5.73 Å². The lowest BCUT2D eigenvalue weighted by atomic mass is 10.2. The van der Waals surface area contributed by atoms with Crippen LogP contribution in [-0.4, -0.2) is 12.6 Å². The molecule has 0 aliphatic heterocycles. The highest BCUT2D eigenvalue weighted by Crippen LogP contribution is 2.11. The molecule has 0 heterocycles. The minimum absolute atomic E-state index is 0.215. The van der Waals surface area contributed by atoms with Gasteiger partial charge >= 0.3 is 0 Å². The van der Waals surface area contributed by atoms with Crippen LogP contribution in [-0.2, 0) is 6.54 Å². The molecule has 3 N–H and O–H groups in total. The summed E-state index contributed by atoms with van der Waals surface area (Å²) in [7, 11) is 0. The van der Waals surface area contributed by atoms with Gasteiger partial charge < -0.3 is 11.1 Å². The zero-order valence-corrected chi connectivity index (χ0v) is 9.34. The van der Waals surface area contributed by atoms with Gasteiger partial charge in [-0.3, -0.25) is 0 Å². The molecule has 1 unspecified atom stereocenters. The standard InChI is InChI=1S/C10H15BrN2/c1-8(12)6-13-7-9-3-2-4-10(11)5-9/h2-5,8,13H,6-7,12H2,1H3. The fourth-order valence-corrected chi connectivity index (χ4v) is 1.54. The summed E-state index contributed by atoms with van der Waals surface area (Å²) in [6.07, 6.45) is 0. The molecule has 0 amide bonds. The number of rotatable bonds is 4. The molecule has 3 heteroatoms. The summed E-state index contributed by atoms with van der Waals surface area (Å²) in [6, 6.07) is 8.47. The molecule has 1 aromatic rings. The second-order valence-electron chi connectivity index (χ2n) is 3.24. The van der Waals surface area contributed by atoms with E-state index in [-0.39, 0.29) is 6.04 Å². The Labute approximate surface area is 87.6 Å². The van der Waals surface area contributed by atoms with Gasteiger partial charge in [0.2, 0.25) is 0 Å². The van der Waals surface area contributed by atoms with E-state index >= 15 is 0 Å². The zero-order chi connectivity index (χ0) is 9.68. The summed E-state index contributed by atoms with van der Waals surface area (Å²) in [5, 5.41) is 3.28. The van der Waals surface area contributed by atoms with Gasteiger partial charge in [-0.15, -0.1) is 0 Å². The first kappa shape index (κ1) is 10.7. The third kappa shape index (κ3) is 4.41. The van der Waals surface area contributed by atoms with Crippen molar-refractivity contribution in [3.05, 3.63) is 34.3 Å². The molecule has 1 rings (SSSR count). The highest BCUT2D eigenvalue weighted by atomic mass is 79.9. The SMILES string of the molecule is CC(N)CNCc1cccc(Br)c1. The predicted molar refractivity (Wildman–Crippen MR) is 59.5 cm³/mol. The summed E-state index contributed by atoms with van der Waals surface area (Å²) in [5.74, 6) is 0. The van der Waals surface area contributed by atoms with Crippen LogP contribution in [0, 0.1) is 0 Å². The minimum atomic E-state index is 0.215. The second-order valence-corrected chi connectivity index (χ2v) is 4.15. The molecule has 0 saturated carbocycles. The van der Waals surface area contributed by atoms with Crippen LogP contribution in [0.3, 0.4) is 0 Å². The Bertz CT molecular complexity index is 261. The van der Waals surface area contributed by atoms with Gasteiger partial charge in [0.05, 0.1) is 0 Å². The third-order valence-corrected chi connectivity index (χ3v) is 2.18. The number of nitrogens with one attached hydrogen (secondary N) is 1. The van der Waals surface area contributed by atoms with Gasteiger partial charge in [0, 0.05) is 23.6 Å². The summed E-state index contributed by atoms with van der Waals surface area (Å²) in [5.41, 5.74) is 6.89. The molecule has 0 aliphatic carbocycles. The van der Waals surface area contributed by atoms with E-state index in [1.165, 1.54) is 5.56 Å². The summed E-state index contributed by atoms with van der Waals surface area (Å²) in [4.78, 5) is 0. The second kappa shape index (κ2) is 5.37. The van der Waals surface area contributed by atoms with Crippen molar-refractivity contribution in [1.29, 1.82) is 0 Å². The Hall–Kier alpha value is -0.380. The van der Waals surface area contributed by atoms with Crippen molar-refractivity contribution in [3.8, 4) is 0 Å². The van der Waals surface area contributed by atoms with Crippen LogP contribution in [0.2, 0.25) is 0 Å². The Morgan fingerprint density at radius 2 is 2.31 bits per heavy atom. The van der Waals surface area contributed by atoms with E-state index < -0.39 is 0 Å². The van der Waals surface area contributed by atoms with E-state index in [1.54, 1.807) is 0 Å². The van der Waals surface area contributed by atoms with E-state index in [9.17, 15) is 0 Å². The van der Waals surface area contributed by atoms with Crippen molar-refractivity contribution in [3.63, 3.8) is 0 Å². The monoisotopic (exact) mass is 242 g/mol. The first-order valence-corrected chi connectivity index (χ1v) is 5.18. The van der Waals surface area contributed by atoms with Gasteiger partial charge in [0.1, 0.15) is 0 Å². The fourth-order valence-electron chi connectivity index (χ4n) is 1.09. The van der Waals surface area contributed by atoms with Gasteiger partial charge in [-0.25, -0.2) is 0 Å². The van der Waals surface area contributed by atoms with Crippen molar-refractivity contribution >= 4 is 15.9 Å². The number of halogens is 1. The maximum absolute atomic E-state index is 5.61. The van der Waals surface area contributed by atoms with Crippen LogP contribution < -0.4 is 11.1 Å². The number of nitrogens with two attached hydrogens (primary N) is 1.